The molecule has 1 fully saturated rings. The smallest absolute Gasteiger partial charge is 0.229 e. The average molecular weight is 290 g/mol. The summed E-state index contributed by atoms with van der Waals surface area (Å²) in [7, 11) is 1.59. The van der Waals surface area contributed by atoms with Gasteiger partial charge in [-0.1, -0.05) is 0 Å². The number of aromatic nitrogens is 1. The number of anilines is 1. The van der Waals surface area contributed by atoms with Crippen LogP contribution in [0.4, 0.5) is 5.69 Å². The summed E-state index contributed by atoms with van der Waals surface area (Å²) in [6, 6.07) is 5.42. The second kappa shape index (κ2) is 6.24. The minimum Gasteiger partial charge on any atom is -0.438 e. The molecule has 6 heteroatoms. The van der Waals surface area contributed by atoms with E-state index in [9.17, 15) is 4.79 Å². The molecule has 1 atom stereocenters. The highest BCUT2D eigenvalue weighted by atomic mass is 16.5. The summed E-state index contributed by atoms with van der Waals surface area (Å²) in [5.41, 5.74) is 2.11. The average Bonchev–Trinajstić information content (AvgIpc) is 2.90. The van der Waals surface area contributed by atoms with Crippen LogP contribution >= 0.6 is 0 Å². The normalized spacial score (nSPS) is 18.8. The fraction of sp³-hybridized carbons (Fsp3) is 0.467. The molecule has 1 aromatic heterocycles. The van der Waals surface area contributed by atoms with Gasteiger partial charge >= 0.3 is 0 Å². The highest BCUT2D eigenvalue weighted by Crippen LogP contribution is 2.22. The second-order valence-corrected chi connectivity index (χ2v) is 5.13. The number of amides is 1. The molecule has 0 unspecified atom stereocenters. The first-order valence-corrected chi connectivity index (χ1v) is 7.03. The molecule has 1 saturated heterocycles. The lowest BCUT2D eigenvalue weighted by molar-refractivity contribution is -0.123. The summed E-state index contributed by atoms with van der Waals surface area (Å²) in [5.74, 6) is 0.446. The Morgan fingerprint density at radius 1 is 1.52 bits per heavy atom. The van der Waals surface area contributed by atoms with Gasteiger partial charge in [-0.2, -0.15) is 0 Å². The summed E-state index contributed by atoms with van der Waals surface area (Å²) in [6.45, 7) is 1.57. The molecule has 0 saturated carbocycles. The quantitative estimate of drug-likeness (QED) is 0.935. The van der Waals surface area contributed by atoms with Crippen molar-refractivity contribution in [3.63, 3.8) is 0 Å². The molecule has 21 heavy (non-hydrogen) atoms. The van der Waals surface area contributed by atoms with Gasteiger partial charge in [0, 0.05) is 19.4 Å². The number of carbonyl (C=O) groups is 1. The number of hydrogen-bond acceptors (Lipinski definition) is 5. The van der Waals surface area contributed by atoms with Crippen molar-refractivity contribution < 1.29 is 18.7 Å². The van der Waals surface area contributed by atoms with E-state index < -0.39 is 0 Å². The second-order valence-electron chi connectivity index (χ2n) is 5.13. The predicted molar refractivity (Wildman–Crippen MR) is 76.9 cm³/mol. The molecular formula is C15H18N2O4. The van der Waals surface area contributed by atoms with Crippen molar-refractivity contribution in [1.29, 1.82) is 0 Å². The van der Waals surface area contributed by atoms with E-state index in [4.69, 9.17) is 13.9 Å². The Labute approximate surface area is 122 Å². The zero-order chi connectivity index (χ0) is 14.7. The van der Waals surface area contributed by atoms with Gasteiger partial charge in [0.1, 0.15) is 12.1 Å². The van der Waals surface area contributed by atoms with E-state index >= 15 is 0 Å². The number of benzene rings is 1. The predicted octanol–water partition coefficient (Wildman–Crippen LogP) is 2.34. The van der Waals surface area contributed by atoms with Crippen LogP contribution in [0.25, 0.3) is 11.1 Å². The van der Waals surface area contributed by atoms with Crippen molar-refractivity contribution in [2.75, 3.05) is 25.6 Å². The first kappa shape index (κ1) is 14.0. The van der Waals surface area contributed by atoms with Crippen molar-refractivity contribution in [1.82, 2.24) is 4.98 Å². The molecule has 3 rings (SSSR count). The van der Waals surface area contributed by atoms with Gasteiger partial charge in [-0.25, -0.2) is 4.98 Å². The number of ether oxygens (including phenoxy) is 2. The van der Waals surface area contributed by atoms with Gasteiger partial charge in [0.15, 0.2) is 5.58 Å². The lowest BCUT2D eigenvalue weighted by atomic mass is 10.0. The molecule has 2 heterocycles. The first-order valence-electron chi connectivity index (χ1n) is 7.03. The summed E-state index contributed by atoms with van der Waals surface area (Å²) in [4.78, 5) is 16.5. The number of fused-ring (bicyclic) bond motifs is 1. The third-order valence-electron chi connectivity index (χ3n) is 3.50. The van der Waals surface area contributed by atoms with Gasteiger partial charge in [0.2, 0.25) is 11.8 Å². The van der Waals surface area contributed by atoms with Gasteiger partial charge in [0.25, 0.3) is 0 Å². The fourth-order valence-electron chi connectivity index (χ4n) is 2.43. The standard InChI is InChI=1S/C15H18N2O4/c1-19-9-14-17-12-7-11(4-5-13(12)21-14)16-15(18)10-3-2-6-20-8-10/h4-5,7,10H,2-3,6,8-9H2,1H3,(H,16,18)/t10-/m1/s1. The van der Waals surface area contributed by atoms with Crippen molar-refractivity contribution in [2.45, 2.75) is 19.4 Å². The Bertz CT molecular complexity index is 632. The van der Waals surface area contributed by atoms with E-state index in [1.165, 1.54) is 0 Å². The van der Waals surface area contributed by atoms with E-state index in [-0.39, 0.29) is 11.8 Å². The number of rotatable bonds is 4. The van der Waals surface area contributed by atoms with Gasteiger partial charge in [0.05, 0.1) is 12.5 Å². The highest BCUT2D eigenvalue weighted by molar-refractivity contribution is 5.94. The number of nitrogens with one attached hydrogen (secondary N) is 1. The monoisotopic (exact) mass is 290 g/mol. The molecule has 0 radical (unpaired) electrons. The van der Waals surface area contributed by atoms with Crippen molar-refractivity contribution in [3.8, 4) is 0 Å². The van der Waals surface area contributed by atoms with Gasteiger partial charge < -0.3 is 19.2 Å². The zero-order valence-electron chi connectivity index (χ0n) is 11.9. The molecule has 112 valence electrons. The summed E-state index contributed by atoms with van der Waals surface area (Å²) in [5, 5.41) is 2.91. The summed E-state index contributed by atoms with van der Waals surface area (Å²) in [6.07, 6.45) is 1.80. The molecule has 0 spiro atoms. The van der Waals surface area contributed by atoms with E-state index in [1.807, 2.05) is 6.07 Å². The van der Waals surface area contributed by atoms with E-state index in [1.54, 1.807) is 19.2 Å². The highest BCUT2D eigenvalue weighted by Gasteiger charge is 2.21. The number of methoxy groups -OCH3 is 1. The maximum absolute atomic E-state index is 12.2. The molecule has 1 aromatic carbocycles. The molecule has 0 bridgehead atoms. The number of hydrogen-bond donors (Lipinski definition) is 1. The molecule has 1 aliphatic heterocycles. The Balaban J connectivity index is 1.72. The Hall–Kier alpha value is -1.92. The van der Waals surface area contributed by atoms with Gasteiger partial charge in [-0.15, -0.1) is 0 Å². The van der Waals surface area contributed by atoms with Crippen LogP contribution < -0.4 is 5.32 Å². The van der Waals surface area contributed by atoms with E-state index in [0.717, 1.165) is 25.1 Å². The molecule has 6 nitrogen and oxygen atoms in total. The molecule has 1 aliphatic rings. The third kappa shape index (κ3) is 3.22. The van der Waals surface area contributed by atoms with Gasteiger partial charge in [-0.3, -0.25) is 4.79 Å². The number of nitrogens with zero attached hydrogens (tertiary/aromatic N) is 1. The van der Waals surface area contributed by atoms with Crippen molar-refractivity contribution in [2.24, 2.45) is 5.92 Å². The largest absolute Gasteiger partial charge is 0.438 e. The summed E-state index contributed by atoms with van der Waals surface area (Å²) >= 11 is 0. The Morgan fingerprint density at radius 2 is 2.43 bits per heavy atom. The molecular weight excluding hydrogens is 272 g/mol. The van der Waals surface area contributed by atoms with Crippen LogP contribution in [0, 0.1) is 5.92 Å². The van der Waals surface area contributed by atoms with Crippen LogP contribution in [0.2, 0.25) is 0 Å². The molecule has 1 amide bonds. The maximum Gasteiger partial charge on any atom is 0.229 e. The van der Waals surface area contributed by atoms with E-state index in [2.05, 4.69) is 10.3 Å². The Kier molecular flexibility index (Phi) is 4.17. The minimum atomic E-state index is -0.0733. The third-order valence-corrected chi connectivity index (χ3v) is 3.50. The topological polar surface area (TPSA) is 73.6 Å². The van der Waals surface area contributed by atoms with Crippen LogP contribution in [0.3, 0.4) is 0 Å². The molecule has 1 N–H and O–H groups in total. The molecule has 2 aromatic rings. The van der Waals surface area contributed by atoms with Crippen LogP contribution in [0.5, 0.6) is 0 Å². The van der Waals surface area contributed by atoms with Crippen LogP contribution in [-0.2, 0) is 20.9 Å². The lowest BCUT2D eigenvalue weighted by Gasteiger charge is -2.21. The molecule has 0 aliphatic carbocycles. The van der Waals surface area contributed by atoms with Crippen LogP contribution in [0.15, 0.2) is 22.6 Å². The van der Waals surface area contributed by atoms with Crippen LogP contribution in [-0.4, -0.2) is 31.2 Å². The summed E-state index contributed by atoms with van der Waals surface area (Å²) < 4.78 is 15.8. The number of oxazole rings is 1. The van der Waals surface area contributed by atoms with Gasteiger partial charge in [-0.05, 0) is 31.0 Å². The zero-order valence-corrected chi connectivity index (χ0v) is 11.9. The van der Waals surface area contributed by atoms with Crippen molar-refractivity contribution in [3.05, 3.63) is 24.1 Å². The van der Waals surface area contributed by atoms with Crippen molar-refractivity contribution >= 4 is 22.7 Å². The minimum absolute atomic E-state index is 0.00494. The maximum atomic E-state index is 12.2. The number of carbonyl (C=O) groups excluding carboxylic acids is 1. The SMILES string of the molecule is COCc1nc2cc(NC(=O)[C@@H]3CCCOC3)ccc2o1. The first-order chi connectivity index (χ1) is 10.3. The van der Waals surface area contributed by atoms with E-state index in [0.29, 0.717) is 30.2 Å². The lowest BCUT2D eigenvalue weighted by Crippen LogP contribution is -2.30. The fourth-order valence-corrected chi connectivity index (χ4v) is 2.43. The Morgan fingerprint density at radius 3 is 3.19 bits per heavy atom. The van der Waals surface area contributed by atoms with Crippen LogP contribution in [0.1, 0.15) is 18.7 Å².